The highest BCUT2D eigenvalue weighted by Gasteiger charge is 2.15. The van der Waals surface area contributed by atoms with E-state index in [9.17, 15) is 12.8 Å². The van der Waals surface area contributed by atoms with E-state index < -0.39 is 15.8 Å². The minimum absolute atomic E-state index is 0.000717. The largest absolute Gasteiger partial charge is 0.384 e. The second kappa shape index (κ2) is 5.86. The molecule has 0 bridgehead atoms. The number of anilines is 1. The second-order valence-electron chi connectivity index (χ2n) is 3.98. The van der Waals surface area contributed by atoms with Gasteiger partial charge in [0.1, 0.15) is 16.5 Å². The van der Waals surface area contributed by atoms with E-state index in [4.69, 9.17) is 5.73 Å². The van der Waals surface area contributed by atoms with Gasteiger partial charge in [-0.2, -0.15) is 0 Å². The number of benzene rings is 1. The Balaban J connectivity index is 2.17. The Kier molecular flexibility index (Phi) is 4.36. The molecular formula is C12H11BrFN3O2S. The number of aromatic nitrogens is 1. The molecule has 5 nitrogen and oxygen atoms in total. The summed E-state index contributed by atoms with van der Waals surface area (Å²) in [6.45, 7) is -0.0367. The van der Waals surface area contributed by atoms with Crippen molar-refractivity contribution >= 4 is 31.8 Å². The summed E-state index contributed by atoms with van der Waals surface area (Å²) in [5, 5.41) is 0. The fraction of sp³-hybridized carbons (Fsp3) is 0.0833. The Morgan fingerprint density at radius 2 is 2.05 bits per heavy atom. The zero-order valence-electron chi connectivity index (χ0n) is 10.2. The maximum Gasteiger partial charge on any atom is 0.242 e. The van der Waals surface area contributed by atoms with Crippen LogP contribution in [0.15, 0.2) is 45.9 Å². The summed E-state index contributed by atoms with van der Waals surface area (Å²) in [5.74, 6) is -0.201. The highest BCUT2D eigenvalue weighted by molar-refractivity contribution is 9.10. The molecule has 0 amide bonds. The zero-order valence-corrected chi connectivity index (χ0v) is 12.6. The molecule has 1 aromatic carbocycles. The number of halogens is 2. The Hall–Kier alpha value is -1.51. The predicted octanol–water partition coefficient (Wildman–Crippen LogP) is 2.04. The first-order valence-corrected chi connectivity index (χ1v) is 7.81. The minimum atomic E-state index is -3.72. The van der Waals surface area contributed by atoms with Crippen LogP contribution in [0.2, 0.25) is 0 Å². The fourth-order valence-corrected chi connectivity index (χ4v) is 2.82. The lowest BCUT2D eigenvalue weighted by molar-refractivity contribution is 0.579. The maximum atomic E-state index is 13.1. The van der Waals surface area contributed by atoms with Crippen molar-refractivity contribution in [2.45, 2.75) is 11.4 Å². The second-order valence-corrected chi connectivity index (χ2v) is 6.60. The average molecular weight is 360 g/mol. The third-order valence-corrected chi connectivity index (χ3v) is 4.69. The molecule has 106 valence electrons. The predicted molar refractivity (Wildman–Crippen MR) is 76.8 cm³/mol. The van der Waals surface area contributed by atoms with Crippen LogP contribution in [0.25, 0.3) is 0 Å². The highest BCUT2D eigenvalue weighted by Crippen LogP contribution is 2.18. The molecule has 8 heteroatoms. The summed E-state index contributed by atoms with van der Waals surface area (Å²) in [7, 11) is -3.72. The maximum absolute atomic E-state index is 13.1. The molecule has 2 aromatic rings. The van der Waals surface area contributed by atoms with Crippen molar-refractivity contribution in [3.05, 3.63) is 52.4 Å². The van der Waals surface area contributed by atoms with Crippen LogP contribution < -0.4 is 10.5 Å². The van der Waals surface area contributed by atoms with Gasteiger partial charge < -0.3 is 5.73 Å². The van der Waals surface area contributed by atoms with Crippen molar-refractivity contribution in [2.24, 2.45) is 0 Å². The van der Waals surface area contributed by atoms with E-state index in [1.165, 1.54) is 30.3 Å². The van der Waals surface area contributed by atoms with Crippen LogP contribution in [-0.2, 0) is 16.6 Å². The molecule has 3 N–H and O–H groups in total. The third kappa shape index (κ3) is 3.53. The van der Waals surface area contributed by atoms with Crippen molar-refractivity contribution in [3.63, 3.8) is 0 Å². The number of sulfonamides is 1. The average Bonchev–Trinajstić information content (AvgIpc) is 2.40. The smallest absolute Gasteiger partial charge is 0.242 e. The van der Waals surface area contributed by atoms with E-state index in [1.807, 2.05) is 0 Å². The molecule has 0 spiro atoms. The number of hydrogen-bond acceptors (Lipinski definition) is 4. The molecule has 0 saturated carbocycles. The van der Waals surface area contributed by atoms with Gasteiger partial charge in [-0.25, -0.2) is 22.5 Å². The molecule has 0 atom stereocenters. The summed E-state index contributed by atoms with van der Waals surface area (Å²) in [6, 6.07) is 6.81. The van der Waals surface area contributed by atoms with Crippen molar-refractivity contribution < 1.29 is 12.8 Å². The normalized spacial score (nSPS) is 11.5. The third-order valence-electron chi connectivity index (χ3n) is 2.53. The first kappa shape index (κ1) is 14.9. The van der Waals surface area contributed by atoms with Gasteiger partial charge in [-0.15, -0.1) is 0 Å². The van der Waals surface area contributed by atoms with Gasteiger partial charge >= 0.3 is 0 Å². The number of hydrogen-bond donors (Lipinski definition) is 2. The number of pyridine rings is 1. The van der Waals surface area contributed by atoms with Crippen LogP contribution in [0, 0.1) is 5.82 Å². The molecule has 0 aliphatic carbocycles. The van der Waals surface area contributed by atoms with E-state index in [1.54, 1.807) is 0 Å². The molecule has 0 aliphatic rings. The summed E-state index contributed by atoms with van der Waals surface area (Å²) < 4.78 is 40.1. The minimum Gasteiger partial charge on any atom is -0.384 e. The first-order valence-electron chi connectivity index (χ1n) is 5.53. The van der Waals surface area contributed by atoms with E-state index in [2.05, 4.69) is 25.6 Å². The Labute approximate surface area is 124 Å². The van der Waals surface area contributed by atoms with Crippen molar-refractivity contribution in [1.29, 1.82) is 0 Å². The van der Waals surface area contributed by atoms with Crippen molar-refractivity contribution in [3.8, 4) is 0 Å². The SMILES string of the molecule is Nc1ccc(S(=O)(=O)NCc2cc(F)ccc2Br)cn1. The van der Waals surface area contributed by atoms with Gasteiger partial charge in [0, 0.05) is 17.2 Å². The lowest BCUT2D eigenvalue weighted by Gasteiger charge is -2.08. The van der Waals surface area contributed by atoms with Crippen LogP contribution in [0.1, 0.15) is 5.56 Å². The lowest BCUT2D eigenvalue weighted by Crippen LogP contribution is -2.23. The summed E-state index contributed by atoms with van der Waals surface area (Å²) in [4.78, 5) is 3.72. The van der Waals surface area contributed by atoms with E-state index in [-0.39, 0.29) is 17.3 Å². The van der Waals surface area contributed by atoms with Crippen LogP contribution in [0.3, 0.4) is 0 Å². The molecule has 0 aliphatic heterocycles. The standard InChI is InChI=1S/C12H11BrFN3O2S/c13-11-3-1-9(14)5-8(11)6-17-20(18,19)10-2-4-12(15)16-7-10/h1-5,7,17H,6H2,(H2,15,16). The number of nitrogen functional groups attached to an aromatic ring is 1. The zero-order chi connectivity index (χ0) is 14.8. The van der Waals surface area contributed by atoms with Crippen LogP contribution in [0.4, 0.5) is 10.2 Å². The van der Waals surface area contributed by atoms with Crippen LogP contribution in [-0.4, -0.2) is 13.4 Å². The Bertz CT molecular complexity index is 720. The monoisotopic (exact) mass is 359 g/mol. The number of nitrogens with one attached hydrogen (secondary N) is 1. The van der Waals surface area contributed by atoms with Gasteiger partial charge in [0.25, 0.3) is 0 Å². The molecule has 20 heavy (non-hydrogen) atoms. The van der Waals surface area contributed by atoms with Crippen molar-refractivity contribution in [1.82, 2.24) is 9.71 Å². The number of nitrogens with two attached hydrogens (primary N) is 1. The van der Waals surface area contributed by atoms with Gasteiger partial charge in [-0.1, -0.05) is 15.9 Å². The highest BCUT2D eigenvalue weighted by atomic mass is 79.9. The van der Waals surface area contributed by atoms with E-state index in [0.717, 1.165) is 6.20 Å². The van der Waals surface area contributed by atoms with E-state index in [0.29, 0.717) is 10.0 Å². The van der Waals surface area contributed by atoms with Gasteiger partial charge in [-0.3, -0.25) is 0 Å². The summed E-state index contributed by atoms with van der Waals surface area (Å²) >= 11 is 3.23. The molecule has 1 heterocycles. The van der Waals surface area contributed by atoms with Crippen molar-refractivity contribution in [2.75, 3.05) is 5.73 Å². The topological polar surface area (TPSA) is 85.1 Å². The van der Waals surface area contributed by atoms with Crippen LogP contribution in [0.5, 0.6) is 0 Å². The lowest BCUT2D eigenvalue weighted by atomic mass is 10.2. The first-order chi connectivity index (χ1) is 9.38. The molecule has 0 radical (unpaired) electrons. The molecule has 0 fully saturated rings. The summed E-state index contributed by atoms with van der Waals surface area (Å²) in [6.07, 6.45) is 1.16. The molecule has 0 saturated heterocycles. The fourth-order valence-electron chi connectivity index (χ4n) is 1.49. The molecule has 2 rings (SSSR count). The Morgan fingerprint density at radius 3 is 2.70 bits per heavy atom. The quantitative estimate of drug-likeness (QED) is 0.874. The van der Waals surface area contributed by atoms with Gasteiger partial charge in [0.2, 0.25) is 10.0 Å². The van der Waals surface area contributed by atoms with E-state index >= 15 is 0 Å². The molecular weight excluding hydrogens is 349 g/mol. The Morgan fingerprint density at radius 1 is 1.30 bits per heavy atom. The van der Waals surface area contributed by atoms with Gasteiger partial charge in [0.15, 0.2) is 0 Å². The van der Waals surface area contributed by atoms with Crippen LogP contribution >= 0.6 is 15.9 Å². The number of rotatable bonds is 4. The van der Waals surface area contributed by atoms with Gasteiger partial charge in [0.05, 0.1) is 0 Å². The number of nitrogens with zero attached hydrogens (tertiary/aromatic N) is 1. The molecule has 1 aromatic heterocycles. The molecule has 0 unspecified atom stereocenters. The van der Waals surface area contributed by atoms with Gasteiger partial charge in [-0.05, 0) is 35.9 Å². The summed E-state index contributed by atoms with van der Waals surface area (Å²) in [5.41, 5.74) is 5.89.